The maximum absolute atomic E-state index is 10.4. The van der Waals surface area contributed by atoms with Crippen LogP contribution < -0.4 is 26.8 Å². The topological polar surface area (TPSA) is 45.2 Å². The molecule has 1 saturated heterocycles. The van der Waals surface area contributed by atoms with Crippen molar-refractivity contribution in [2.45, 2.75) is 12.5 Å². The molecule has 5 nitrogen and oxygen atoms in total. The van der Waals surface area contributed by atoms with E-state index in [0.717, 1.165) is 55.3 Å². The molecule has 0 saturated carbocycles. The van der Waals surface area contributed by atoms with E-state index in [1.54, 1.807) is 7.11 Å². The van der Waals surface area contributed by atoms with E-state index in [9.17, 15) is 5.11 Å². The van der Waals surface area contributed by atoms with Gasteiger partial charge in [0.05, 0.1) is 12.8 Å². The number of piperazine rings is 1. The minimum atomic E-state index is -0.519. The van der Waals surface area contributed by atoms with Gasteiger partial charge in [-0.05, 0) is 30.2 Å². The number of nitrogens with zero attached hydrogens (tertiary/aromatic N) is 2. The molecule has 1 unspecified atom stereocenters. The minimum absolute atomic E-state index is 0. The summed E-state index contributed by atoms with van der Waals surface area (Å²) in [5.41, 5.74) is 2.22. The molecular weight excluding hydrogens is 388 g/mol. The zero-order valence-corrected chi connectivity index (χ0v) is 17.7. The number of hydrogen-bond donors (Lipinski definition) is 1. The number of benzene rings is 2. The Balaban J connectivity index is 0.00000300. The van der Waals surface area contributed by atoms with Crippen LogP contribution in [0.4, 0.5) is 5.69 Å². The van der Waals surface area contributed by atoms with Crippen molar-refractivity contribution in [3.05, 3.63) is 66.7 Å². The lowest BCUT2D eigenvalue weighted by Gasteiger charge is -2.37. The molecule has 1 aliphatic heterocycles. The third kappa shape index (κ3) is 6.39. The van der Waals surface area contributed by atoms with Crippen LogP contribution in [0.5, 0.6) is 11.5 Å². The van der Waals surface area contributed by atoms with Gasteiger partial charge in [0.15, 0.2) is 0 Å². The maximum Gasteiger partial charge on any atom is 0.142 e. The second-order valence-electron chi connectivity index (χ2n) is 7.02. The molecule has 3 rings (SSSR count). The molecule has 2 aromatic rings. The molecule has 29 heavy (non-hydrogen) atoms. The minimum Gasteiger partial charge on any atom is -1.00 e. The zero-order chi connectivity index (χ0) is 19.8. The molecule has 6 heteroatoms. The van der Waals surface area contributed by atoms with E-state index in [1.165, 1.54) is 0 Å². The van der Waals surface area contributed by atoms with Crippen molar-refractivity contribution in [2.24, 2.45) is 0 Å². The first kappa shape index (κ1) is 23.1. The van der Waals surface area contributed by atoms with Crippen molar-refractivity contribution in [1.29, 1.82) is 0 Å². The lowest BCUT2D eigenvalue weighted by atomic mass is 10.1. The van der Waals surface area contributed by atoms with E-state index < -0.39 is 6.10 Å². The Morgan fingerprint density at radius 3 is 2.38 bits per heavy atom. The van der Waals surface area contributed by atoms with Gasteiger partial charge in [-0.3, -0.25) is 4.90 Å². The van der Waals surface area contributed by atoms with Crippen LogP contribution in [-0.2, 0) is 6.42 Å². The van der Waals surface area contributed by atoms with E-state index in [1.807, 2.05) is 48.5 Å². The van der Waals surface area contributed by atoms with Crippen LogP contribution in [0.1, 0.15) is 5.56 Å². The van der Waals surface area contributed by atoms with Gasteiger partial charge in [0.1, 0.15) is 24.2 Å². The maximum atomic E-state index is 10.4. The van der Waals surface area contributed by atoms with Gasteiger partial charge in [0, 0.05) is 32.7 Å². The third-order valence-electron chi connectivity index (χ3n) is 5.04. The van der Waals surface area contributed by atoms with Gasteiger partial charge in [-0.2, -0.15) is 0 Å². The third-order valence-corrected chi connectivity index (χ3v) is 5.04. The largest absolute Gasteiger partial charge is 1.00 e. The summed E-state index contributed by atoms with van der Waals surface area (Å²) < 4.78 is 11.3. The van der Waals surface area contributed by atoms with Crippen LogP contribution in [0.3, 0.4) is 0 Å². The number of ether oxygens (including phenoxy) is 2. The summed E-state index contributed by atoms with van der Waals surface area (Å²) in [7, 11) is 1.71. The Hall–Kier alpha value is -2.21. The van der Waals surface area contributed by atoms with Crippen molar-refractivity contribution in [2.75, 3.05) is 51.3 Å². The summed E-state index contributed by atoms with van der Waals surface area (Å²) in [6, 6.07) is 16.0. The Morgan fingerprint density at radius 1 is 1.03 bits per heavy atom. The average molecular weight is 418 g/mol. The van der Waals surface area contributed by atoms with Crippen LogP contribution >= 0.6 is 0 Å². The number of halogens is 1. The van der Waals surface area contributed by atoms with Gasteiger partial charge in [-0.15, -0.1) is 6.58 Å². The lowest BCUT2D eigenvalue weighted by molar-refractivity contribution is -0.00000823. The predicted octanol–water partition coefficient (Wildman–Crippen LogP) is -0.0104. The fourth-order valence-corrected chi connectivity index (χ4v) is 3.57. The number of para-hydroxylation sites is 3. The SMILES string of the molecule is C=CCc1ccccc1OCC(O)CN1CCN(c2ccccc2OC)CC1.[Cl-]. The van der Waals surface area contributed by atoms with Crippen molar-refractivity contribution in [3.63, 3.8) is 0 Å². The fraction of sp³-hybridized carbons (Fsp3) is 0.391. The van der Waals surface area contributed by atoms with Crippen LogP contribution in [0.2, 0.25) is 0 Å². The molecule has 0 aromatic heterocycles. The van der Waals surface area contributed by atoms with Crippen LogP contribution in [0, 0.1) is 0 Å². The number of methoxy groups -OCH3 is 1. The summed E-state index contributed by atoms with van der Waals surface area (Å²) in [5.74, 6) is 1.73. The van der Waals surface area contributed by atoms with Crippen LogP contribution in [-0.4, -0.2) is 62.6 Å². The monoisotopic (exact) mass is 417 g/mol. The van der Waals surface area contributed by atoms with Gasteiger partial charge in [-0.25, -0.2) is 0 Å². The summed E-state index contributed by atoms with van der Waals surface area (Å²) in [6.45, 7) is 8.33. The van der Waals surface area contributed by atoms with E-state index in [4.69, 9.17) is 9.47 Å². The average Bonchev–Trinajstić information content (AvgIpc) is 2.74. The molecule has 1 aliphatic rings. The van der Waals surface area contributed by atoms with Crippen molar-refractivity contribution in [1.82, 2.24) is 4.90 Å². The Labute approximate surface area is 180 Å². The summed E-state index contributed by atoms with van der Waals surface area (Å²) in [5, 5.41) is 10.4. The summed E-state index contributed by atoms with van der Waals surface area (Å²) in [4.78, 5) is 4.62. The Morgan fingerprint density at radius 2 is 1.69 bits per heavy atom. The van der Waals surface area contributed by atoms with Crippen LogP contribution in [0.15, 0.2) is 61.2 Å². The molecule has 158 valence electrons. The molecule has 0 bridgehead atoms. The molecule has 0 aliphatic carbocycles. The molecule has 2 aromatic carbocycles. The molecular formula is C23H30ClN2O3-. The standard InChI is InChI=1S/C23H30N2O3.ClH/c1-3-8-19-9-4-6-11-22(19)28-18-20(26)17-24-13-15-25(16-14-24)21-10-5-7-12-23(21)27-2;/h3-7,9-12,20,26H,1,8,13-18H2,2H3;1H/p-1. The number of rotatable bonds is 9. The summed E-state index contributed by atoms with van der Waals surface area (Å²) in [6.07, 6.45) is 2.10. The van der Waals surface area contributed by atoms with E-state index in [0.29, 0.717) is 13.2 Å². The highest BCUT2D eigenvalue weighted by Crippen LogP contribution is 2.28. The number of anilines is 1. The summed E-state index contributed by atoms with van der Waals surface area (Å²) >= 11 is 0. The number of aliphatic hydroxyl groups is 1. The molecule has 1 heterocycles. The number of hydrogen-bond acceptors (Lipinski definition) is 5. The van der Waals surface area contributed by atoms with E-state index in [-0.39, 0.29) is 12.4 Å². The first-order valence-electron chi connectivity index (χ1n) is 9.81. The highest BCUT2D eigenvalue weighted by atomic mass is 35.5. The highest BCUT2D eigenvalue weighted by molar-refractivity contribution is 5.58. The first-order chi connectivity index (χ1) is 13.7. The number of aliphatic hydroxyl groups excluding tert-OH is 1. The van der Waals surface area contributed by atoms with Crippen LogP contribution in [0.25, 0.3) is 0 Å². The molecule has 0 amide bonds. The van der Waals surface area contributed by atoms with Crippen molar-refractivity contribution >= 4 is 5.69 Å². The highest BCUT2D eigenvalue weighted by Gasteiger charge is 2.21. The molecule has 0 spiro atoms. The fourth-order valence-electron chi connectivity index (χ4n) is 3.57. The molecule has 1 fully saturated rings. The predicted molar refractivity (Wildman–Crippen MR) is 113 cm³/mol. The molecule has 1 N–H and O–H groups in total. The van der Waals surface area contributed by atoms with E-state index >= 15 is 0 Å². The Bertz CT molecular complexity index is 763. The van der Waals surface area contributed by atoms with Gasteiger partial charge in [0.2, 0.25) is 0 Å². The van der Waals surface area contributed by atoms with Gasteiger partial charge in [-0.1, -0.05) is 36.4 Å². The first-order valence-corrected chi connectivity index (χ1v) is 9.81. The second kappa shape index (κ2) is 11.7. The quantitative estimate of drug-likeness (QED) is 0.581. The Kier molecular flexibility index (Phi) is 9.32. The van der Waals surface area contributed by atoms with E-state index in [2.05, 4.69) is 22.4 Å². The normalized spacial score (nSPS) is 15.3. The second-order valence-corrected chi connectivity index (χ2v) is 7.02. The van der Waals surface area contributed by atoms with Crippen molar-refractivity contribution in [3.8, 4) is 11.5 Å². The lowest BCUT2D eigenvalue weighted by Crippen LogP contribution is -3.00. The van der Waals surface area contributed by atoms with Gasteiger partial charge >= 0.3 is 0 Å². The van der Waals surface area contributed by atoms with Gasteiger partial charge in [0.25, 0.3) is 0 Å². The van der Waals surface area contributed by atoms with Crippen molar-refractivity contribution < 1.29 is 27.0 Å². The van der Waals surface area contributed by atoms with Gasteiger partial charge < -0.3 is 31.9 Å². The number of allylic oxidation sites excluding steroid dienone is 1. The number of β-amino-alcohol motifs (C(OH)–C–C–N with tert-alkyl or cyclic N) is 1. The zero-order valence-electron chi connectivity index (χ0n) is 17.0. The smallest absolute Gasteiger partial charge is 0.142 e. The molecule has 0 radical (unpaired) electrons. The molecule has 1 atom stereocenters.